The Balaban J connectivity index is 1.64. The molecule has 0 unspecified atom stereocenters. The summed E-state index contributed by atoms with van der Waals surface area (Å²) in [5.74, 6) is -0.265. The molecule has 14 heteroatoms. The van der Waals surface area contributed by atoms with Crippen molar-refractivity contribution in [1.82, 2.24) is 15.0 Å². The molecule has 1 aromatic heterocycles. The second-order valence-corrected chi connectivity index (χ2v) is 14.1. The number of benzene rings is 2. The number of rotatable bonds is 8. The van der Waals surface area contributed by atoms with E-state index in [0.29, 0.717) is 24.5 Å². The number of para-hydroxylation sites is 1. The number of hydrogen-bond acceptors (Lipinski definition) is 9. The quantitative estimate of drug-likeness (QED) is 0.294. The summed E-state index contributed by atoms with van der Waals surface area (Å²) in [6.45, 7) is 9.23. The summed E-state index contributed by atoms with van der Waals surface area (Å²) >= 11 is 0. The van der Waals surface area contributed by atoms with Gasteiger partial charge in [-0.15, -0.1) is 0 Å². The van der Waals surface area contributed by atoms with E-state index in [0.717, 1.165) is 12.8 Å². The molecule has 262 valence electrons. The average Bonchev–Trinajstić information content (AvgIpc) is 3.40. The molecule has 0 saturated carbocycles. The van der Waals surface area contributed by atoms with Crippen molar-refractivity contribution in [1.29, 1.82) is 0 Å². The highest BCUT2D eigenvalue weighted by molar-refractivity contribution is 7.92. The van der Waals surface area contributed by atoms with E-state index >= 15 is 0 Å². The van der Waals surface area contributed by atoms with E-state index < -0.39 is 28.1 Å². The highest BCUT2D eigenvalue weighted by atomic mass is 32.2. The lowest BCUT2D eigenvalue weighted by Gasteiger charge is -2.35. The number of aryl methyl sites for hydroxylation is 2. The second kappa shape index (κ2) is 16.3. The smallest absolute Gasteiger partial charge is 0.321 e. The number of likely N-dealkylation sites (N-methyl/N-ethyl adjacent to an activating group) is 1. The molecular formula is C34H47N5O8S. The minimum atomic E-state index is -4.09. The molecule has 2 heterocycles. The van der Waals surface area contributed by atoms with Gasteiger partial charge in [-0.2, -0.15) is 0 Å². The predicted octanol–water partition coefficient (Wildman–Crippen LogP) is 5.05. The van der Waals surface area contributed by atoms with Crippen LogP contribution in [0, 0.1) is 19.8 Å². The SMILES string of the molecule is Cc1noc(C)c1S(=O)(=O)Nc1ccc2c(c1)C(=O)N([C@@H](C)CO)C[C@@H](C)[C@H](CN(C)C(=O)Nc1ccccc1)OCCCC[C@@H](C)O2. The third-order valence-corrected chi connectivity index (χ3v) is 9.99. The predicted molar refractivity (Wildman–Crippen MR) is 182 cm³/mol. The molecule has 13 nitrogen and oxygen atoms in total. The average molecular weight is 686 g/mol. The molecule has 0 radical (unpaired) electrons. The molecular weight excluding hydrogens is 638 g/mol. The van der Waals surface area contributed by atoms with Gasteiger partial charge in [0.1, 0.15) is 11.4 Å². The van der Waals surface area contributed by atoms with Crippen LogP contribution in [0.1, 0.15) is 61.8 Å². The van der Waals surface area contributed by atoms with Gasteiger partial charge in [-0.05, 0) is 77.3 Å². The minimum Gasteiger partial charge on any atom is -0.490 e. The van der Waals surface area contributed by atoms with Crippen molar-refractivity contribution in [2.45, 2.75) is 77.0 Å². The number of carbonyl (C=O) groups excluding carboxylic acids is 2. The number of aromatic nitrogens is 1. The van der Waals surface area contributed by atoms with E-state index in [2.05, 4.69) is 15.2 Å². The lowest BCUT2D eigenvalue weighted by atomic mass is 10.0. The summed E-state index contributed by atoms with van der Waals surface area (Å²) in [4.78, 5) is 30.4. The molecule has 1 aliphatic heterocycles. The van der Waals surface area contributed by atoms with Gasteiger partial charge in [-0.1, -0.05) is 30.3 Å². The van der Waals surface area contributed by atoms with Crippen LogP contribution in [-0.2, 0) is 14.8 Å². The normalized spacial score (nSPS) is 20.2. The molecule has 0 aliphatic carbocycles. The topological polar surface area (TPSA) is 164 Å². The van der Waals surface area contributed by atoms with Crippen LogP contribution in [0.25, 0.3) is 0 Å². The van der Waals surface area contributed by atoms with E-state index in [-0.39, 0.29) is 65.3 Å². The number of ether oxygens (including phenoxy) is 2. The van der Waals surface area contributed by atoms with Gasteiger partial charge in [0.05, 0.1) is 30.4 Å². The lowest BCUT2D eigenvalue weighted by molar-refractivity contribution is -0.0115. The summed E-state index contributed by atoms with van der Waals surface area (Å²) in [5, 5.41) is 16.9. The van der Waals surface area contributed by atoms with Crippen LogP contribution in [0.4, 0.5) is 16.2 Å². The highest BCUT2D eigenvalue weighted by Crippen LogP contribution is 2.30. The number of sulfonamides is 1. The fraction of sp³-hybridized carbons (Fsp3) is 0.500. The molecule has 4 atom stereocenters. The molecule has 4 rings (SSSR count). The zero-order valence-corrected chi connectivity index (χ0v) is 29.2. The van der Waals surface area contributed by atoms with Crippen LogP contribution in [0.5, 0.6) is 5.75 Å². The number of amides is 3. The van der Waals surface area contributed by atoms with E-state index in [1.54, 1.807) is 31.0 Å². The van der Waals surface area contributed by atoms with Crippen molar-refractivity contribution in [2.24, 2.45) is 5.92 Å². The number of aliphatic hydroxyl groups excluding tert-OH is 1. The Kier molecular flexibility index (Phi) is 12.5. The zero-order chi connectivity index (χ0) is 35.0. The highest BCUT2D eigenvalue weighted by Gasteiger charge is 2.32. The summed E-state index contributed by atoms with van der Waals surface area (Å²) in [5.41, 5.74) is 1.17. The Bertz CT molecular complexity index is 1630. The lowest BCUT2D eigenvalue weighted by Crippen LogP contribution is -2.48. The van der Waals surface area contributed by atoms with Gasteiger partial charge < -0.3 is 34.2 Å². The molecule has 3 aromatic rings. The van der Waals surface area contributed by atoms with Crippen LogP contribution < -0.4 is 14.8 Å². The van der Waals surface area contributed by atoms with E-state index in [1.165, 1.54) is 24.8 Å². The number of hydrogen-bond donors (Lipinski definition) is 3. The molecule has 3 N–H and O–H groups in total. The fourth-order valence-electron chi connectivity index (χ4n) is 5.61. The fourth-order valence-corrected chi connectivity index (χ4v) is 6.99. The number of nitrogens with one attached hydrogen (secondary N) is 2. The number of carbonyl (C=O) groups is 2. The van der Waals surface area contributed by atoms with E-state index in [9.17, 15) is 23.1 Å². The van der Waals surface area contributed by atoms with Crippen LogP contribution >= 0.6 is 0 Å². The molecule has 3 amide bonds. The van der Waals surface area contributed by atoms with E-state index in [4.69, 9.17) is 14.0 Å². The van der Waals surface area contributed by atoms with E-state index in [1.807, 2.05) is 44.2 Å². The minimum absolute atomic E-state index is 0.0726. The number of urea groups is 1. The Morgan fingerprint density at radius 3 is 2.52 bits per heavy atom. The maximum absolute atomic E-state index is 14.4. The number of aliphatic hydroxyl groups is 1. The first-order valence-corrected chi connectivity index (χ1v) is 17.7. The monoisotopic (exact) mass is 685 g/mol. The maximum atomic E-state index is 14.4. The third kappa shape index (κ3) is 9.26. The first-order valence-electron chi connectivity index (χ1n) is 16.2. The summed E-state index contributed by atoms with van der Waals surface area (Å²) in [7, 11) is -2.40. The Labute approximate surface area is 282 Å². The van der Waals surface area contributed by atoms with Gasteiger partial charge in [0.25, 0.3) is 15.9 Å². The van der Waals surface area contributed by atoms with Crippen LogP contribution in [-0.4, -0.2) is 92.0 Å². The van der Waals surface area contributed by atoms with Crippen LogP contribution in [0.2, 0.25) is 0 Å². The van der Waals surface area contributed by atoms with Crippen molar-refractivity contribution in [2.75, 3.05) is 43.4 Å². The van der Waals surface area contributed by atoms with Crippen LogP contribution in [0.15, 0.2) is 57.9 Å². The summed E-state index contributed by atoms with van der Waals surface area (Å²) in [6.07, 6.45) is 1.58. The molecule has 0 bridgehead atoms. The van der Waals surface area contributed by atoms with Gasteiger partial charge in [-0.25, -0.2) is 13.2 Å². The molecule has 0 saturated heterocycles. The number of fused-ring (bicyclic) bond motifs is 1. The molecule has 0 spiro atoms. The van der Waals surface area contributed by atoms with Crippen molar-refractivity contribution < 1.29 is 37.1 Å². The maximum Gasteiger partial charge on any atom is 0.321 e. The van der Waals surface area contributed by atoms with Gasteiger partial charge in [-0.3, -0.25) is 9.52 Å². The second-order valence-electron chi connectivity index (χ2n) is 12.4. The summed E-state index contributed by atoms with van der Waals surface area (Å²) < 4.78 is 46.8. The number of anilines is 2. The summed E-state index contributed by atoms with van der Waals surface area (Å²) in [6, 6.07) is 12.8. The van der Waals surface area contributed by atoms with Crippen molar-refractivity contribution in [3.8, 4) is 5.75 Å². The van der Waals surface area contributed by atoms with Gasteiger partial charge in [0.2, 0.25) is 0 Å². The molecule has 1 aliphatic rings. The Morgan fingerprint density at radius 2 is 1.85 bits per heavy atom. The Hall–Kier alpha value is -4.14. The van der Waals surface area contributed by atoms with Crippen molar-refractivity contribution in [3.05, 3.63) is 65.5 Å². The standard InChI is InChI=1S/C34H47N5O8S/c1-22-19-39(23(2)21-40)33(41)29-18-28(37-48(43,44)32-25(4)36-47-26(32)5)15-16-30(29)46-24(3)12-10-11-17-45-31(22)20-38(6)34(42)35-27-13-8-7-9-14-27/h7-9,13-16,18,22-24,31,37,40H,10-12,17,19-21H2,1-6H3,(H,35,42)/t22-,23+,24-,31+/m1/s1. The van der Waals surface area contributed by atoms with Gasteiger partial charge >= 0.3 is 6.03 Å². The van der Waals surface area contributed by atoms with Crippen LogP contribution in [0.3, 0.4) is 0 Å². The van der Waals surface area contributed by atoms with Crippen molar-refractivity contribution in [3.63, 3.8) is 0 Å². The number of nitrogens with zero attached hydrogens (tertiary/aromatic N) is 3. The zero-order valence-electron chi connectivity index (χ0n) is 28.4. The largest absolute Gasteiger partial charge is 0.490 e. The molecule has 48 heavy (non-hydrogen) atoms. The molecule has 0 fully saturated rings. The third-order valence-electron chi connectivity index (χ3n) is 8.37. The molecule has 2 aromatic carbocycles. The van der Waals surface area contributed by atoms with Crippen molar-refractivity contribution >= 4 is 33.3 Å². The van der Waals surface area contributed by atoms with Gasteiger partial charge in [0.15, 0.2) is 10.7 Å². The first-order chi connectivity index (χ1) is 22.8. The van der Waals surface area contributed by atoms with Gasteiger partial charge in [0, 0.05) is 44.0 Å². The Morgan fingerprint density at radius 1 is 1.12 bits per heavy atom. The first kappa shape index (κ1) is 36.7.